The van der Waals surface area contributed by atoms with Crippen molar-refractivity contribution in [3.8, 4) is 0 Å². The number of benzene rings is 2. The predicted molar refractivity (Wildman–Crippen MR) is 130 cm³/mol. The van der Waals surface area contributed by atoms with Gasteiger partial charge in [0.2, 0.25) is 0 Å². The summed E-state index contributed by atoms with van der Waals surface area (Å²) in [6.45, 7) is 3.64. The highest BCUT2D eigenvalue weighted by molar-refractivity contribution is 8.17. The number of carbonyl (C=O) groups excluding carboxylic acids is 4. The van der Waals surface area contributed by atoms with Crippen LogP contribution in [-0.2, 0) is 34.8 Å². The highest BCUT2D eigenvalue weighted by Crippen LogP contribution is 2.42. The number of alkyl halides is 3. The van der Waals surface area contributed by atoms with Crippen LogP contribution in [0.3, 0.4) is 0 Å². The Bertz CT molecular complexity index is 1150. The van der Waals surface area contributed by atoms with Gasteiger partial charge in [0.15, 0.2) is 24.1 Å². The van der Waals surface area contributed by atoms with Gasteiger partial charge >= 0.3 is 24.1 Å². The van der Waals surface area contributed by atoms with Gasteiger partial charge in [0.25, 0.3) is 0 Å². The maximum Gasteiger partial charge on any atom is 0.416 e. The maximum atomic E-state index is 12.8. The molecule has 1 fully saturated rings. The van der Waals surface area contributed by atoms with E-state index < -0.39 is 58.3 Å². The second-order valence-corrected chi connectivity index (χ2v) is 10.7. The first-order valence-electron chi connectivity index (χ1n) is 11.0. The monoisotopic (exact) mass is 556 g/mol. The summed E-state index contributed by atoms with van der Waals surface area (Å²) in [4.78, 5) is 48.5. The molecular weight excluding hydrogens is 533 g/mol. The van der Waals surface area contributed by atoms with Crippen molar-refractivity contribution in [2.45, 2.75) is 54.7 Å². The lowest BCUT2D eigenvalue weighted by Crippen LogP contribution is -2.53. The highest BCUT2D eigenvalue weighted by atomic mass is 32.2. The number of thioether (sulfide) groups is 2. The molecule has 4 atom stereocenters. The number of halogens is 3. The van der Waals surface area contributed by atoms with Gasteiger partial charge in [0.1, 0.15) is 0 Å². The van der Waals surface area contributed by atoms with E-state index in [-0.39, 0.29) is 16.9 Å². The van der Waals surface area contributed by atoms with Gasteiger partial charge in [-0.25, -0.2) is 0 Å². The lowest BCUT2D eigenvalue weighted by atomic mass is 10.0. The number of hydrogen-bond donors (Lipinski definition) is 0. The Morgan fingerprint density at radius 1 is 0.784 bits per heavy atom. The Hall–Kier alpha value is -2.99. The van der Waals surface area contributed by atoms with Crippen LogP contribution in [0.1, 0.15) is 42.3 Å². The molecule has 37 heavy (non-hydrogen) atoms. The van der Waals surface area contributed by atoms with E-state index in [1.54, 1.807) is 24.3 Å². The molecule has 7 nitrogen and oxygen atoms in total. The third-order valence-electron chi connectivity index (χ3n) is 5.15. The van der Waals surface area contributed by atoms with Gasteiger partial charge in [0, 0.05) is 42.5 Å². The Kier molecular flexibility index (Phi) is 9.30. The lowest BCUT2D eigenvalue weighted by Gasteiger charge is -2.39. The maximum absolute atomic E-state index is 12.8. The zero-order chi connectivity index (χ0) is 27.3. The fraction of sp³-hybridized carbons (Fsp3) is 0.360. The molecule has 2 aromatic rings. The number of rotatable bonds is 7. The fourth-order valence-electron chi connectivity index (χ4n) is 3.61. The van der Waals surface area contributed by atoms with Gasteiger partial charge in [-0.15, -0.1) is 23.5 Å². The number of carbonyl (C=O) groups is 4. The molecule has 1 heterocycles. The van der Waals surface area contributed by atoms with Crippen LogP contribution in [0, 0.1) is 0 Å². The summed E-state index contributed by atoms with van der Waals surface area (Å²) in [6.07, 6.45) is -7.24. The third kappa shape index (κ3) is 7.75. The second-order valence-electron chi connectivity index (χ2n) is 8.04. The Labute approximate surface area is 219 Å². The van der Waals surface area contributed by atoms with Crippen LogP contribution in [0.2, 0.25) is 0 Å². The van der Waals surface area contributed by atoms with E-state index >= 15 is 0 Å². The fourth-order valence-corrected chi connectivity index (χ4v) is 6.39. The van der Waals surface area contributed by atoms with Gasteiger partial charge < -0.3 is 14.2 Å². The summed E-state index contributed by atoms with van der Waals surface area (Å²) >= 11 is 2.66. The molecule has 0 aromatic heterocycles. The largest absolute Gasteiger partial charge is 0.458 e. The Morgan fingerprint density at radius 2 is 1.27 bits per heavy atom. The SMILES string of the molecule is CC(=O)O[C@H]1[C@H](OC(C)=O)CSC(Sc2ccc(C(=O)c3ccc(C(F)(F)F)cc3)cc2)[C@@H]1OC(C)=O. The first-order valence-corrected chi connectivity index (χ1v) is 12.9. The van der Waals surface area contributed by atoms with Gasteiger partial charge in [-0.3, -0.25) is 19.2 Å². The van der Waals surface area contributed by atoms with Crippen LogP contribution in [0.15, 0.2) is 53.4 Å². The molecule has 0 N–H and O–H groups in total. The smallest absolute Gasteiger partial charge is 0.416 e. The standard InChI is InChI=1S/C25H23F3O7S2/c1-13(29)33-20-12-36-24(23(35-15(3)31)22(20)34-14(2)30)37-19-10-6-17(7-11-19)21(32)16-4-8-18(9-5-16)25(26,27)28/h4-11,20,22-24H,12H2,1-3H3/t20-,22+,23-,24?/m1/s1. The normalized spacial score (nSPS) is 21.6. The van der Waals surface area contributed by atoms with E-state index in [4.69, 9.17) is 14.2 Å². The predicted octanol–water partition coefficient (Wildman–Crippen LogP) is 4.90. The van der Waals surface area contributed by atoms with Crippen LogP contribution in [0.5, 0.6) is 0 Å². The second kappa shape index (κ2) is 12.0. The van der Waals surface area contributed by atoms with E-state index in [1.807, 2.05) is 0 Å². The summed E-state index contributed by atoms with van der Waals surface area (Å²) in [5, 5.41) is 0. The molecule has 0 radical (unpaired) electrons. The van der Waals surface area contributed by atoms with Crippen molar-refractivity contribution in [1.29, 1.82) is 0 Å². The van der Waals surface area contributed by atoms with Crippen LogP contribution in [-0.4, -0.2) is 52.3 Å². The van der Waals surface area contributed by atoms with E-state index in [2.05, 4.69) is 0 Å². The molecule has 1 aliphatic heterocycles. The number of ether oxygens (including phenoxy) is 3. The summed E-state index contributed by atoms with van der Waals surface area (Å²) in [6, 6.07) is 10.4. The molecule has 1 saturated heterocycles. The van der Waals surface area contributed by atoms with Crippen LogP contribution in [0.4, 0.5) is 13.2 Å². The van der Waals surface area contributed by atoms with Gasteiger partial charge in [-0.2, -0.15) is 13.2 Å². The molecule has 198 valence electrons. The molecule has 1 unspecified atom stereocenters. The molecule has 3 rings (SSSR count). The number of ketones is 1. The molecule has 0 spiro atoms. The molecular formula is C25H23F3O7S2. The minimum atomic E-state index is -4.49. The summed E-state index contributed by atoms with van der Waals surface area (Å²) in [7, 11) is 0. The van der Waals surface area contributed by atoms with E-state index in [9.17, 15) is 32.3 Å². The van der Waals surface area contributed by atoms with Gasteiger partial charge in [0.05, 0.1) is 10.1 Å². The molecule has 0 amide bonds. The van der Waals surface area contributed by atoms with Gasteiger partial charge in [-0.1, -0.05) is 12.1 Å². The summed E-state index contributed by atoms with van der Waals surface area (Å²) in [5.41, 5.74) is -0.442. The quantitative estimate of drug-likeness (QED) is 0.268. The Morgan fingerprint density at radius 3 is 1.76 bits per heavy atom. The minimum absolute atomic E-state index is 0.117. The molecule has 2 aromatic carbocycles. The van der Waals surface area contributed by atoms with E-state index in [0.29, 0.717) is 4.90 Å². The van der Waals surface area contributed by atoms with Crippen molar-refractivity contribution in [1.82, 2.24) is 0 Å². The molecule has 0 bridgehead atoms. The van der Waals surface area contributed by atoms with Gasteiger partial charge in [-0.05, 0) is 36.4 Å². The highest BCUT2D eigenvalue weighted by Gasteiger charge is 2.46. The van der Waals surface area contributed by atoms with E-state index in [1.165, 1.54) is 44.3 Å². The average molecular weight is 557 g/mol. The van der Waals surface area contributed by atoms with Crippen LogP contribution in [0.25, 0.3) is 0 Å². The van der Waals surface area contributed by atoms with E-state index in [0.717, 1.165) is 24.3 Å². The van der Waals surface area contributed by atoms with Crippen molar-refractivity contribution in [3.63, 3.8) is 0 Å². The third-order valence-corrected chi connectivity index (χ3v) is 8.01. The number of esters is 3. The first kappa shape index (κ1) is 28.6. The van der Waals surface area contributed by atoms with Crippen LogP contribution < -0.4 is 0 Å². The zero-order valence-electron chi connectivity index (χ0n) is 19.9. The summed E-state index contributed by atoms with van der Waals surface area (Å²) < 4.78 is 54.0. The minimum Gasteiger partial charge on any atom is -0.458 e. The molecule has 12 heteroatoms. The van der Waals surface area contributed by atoms with Crippen molar-refractivity contribution < 1.29 is 46.6 Å². The lowest BCUT2D eigenvalue weighted by molar-refractivity contribution is -0.180. The molecule has 1 aliphatic rings. The van der Waals surface area contributed by atoms with Crippen molar-refractivity contribution in [2.75, 3.05) is 5.75 Å². The van der Waals surface area contributed by atoms with Crippen molar-refractivity contribution in [3.05, 3.63) is 65.2 Å². The number of hydrogen-bond acceptors (Lipinski definition) is 9. The Balaban J connectivity index is 1.77. The average Bonchev–Trinajstić information content (AvgIpc) is 2.81. The summed E-state index contributed by atoms with van der Waals surface area (Å²) in [5.74, 6) is -1.94. The topological polar surface area (TPSA) is 96.0 Å². The van der Waals surface area contributed by atoms with Crippen LogP contribution >= 0.6 is 23.5 Å². The van der Waals surface area contributed by atoms with Crippen molar-refractivity contribution in [2.24, 2.45) is 0 Å². The molecule has 0 aliphatic carbocycles. The van der Waals surface area contributed by atoms with Crippen molar-refractivity contribution >= 4 is 47.2 Å². The zero-order valence-corrected chi connectivity index (χ0v) is 21.6. The molecule has 0 saturated carbocycles. The first-order chi connectivity index (χ1) is 17.3.